The smallest absolute Gasteiger partial charge is 0.239 e. The molecule has 1 amide bonds. The van der Waals surface area contributed by atoms with Crippen LogP contribution in [0.4, 0.5) is 5.69 Å². The van der Waals surface area contributed by atoms with E-state index in [1.807, 2.05) is 37.0 Å². The van der Waals surface area contributed by atoms with Crippen molar-refractivity contribution in [3.63, 3.8) is 0 Å². The van der Waals surface area contributed by atoms with Crippen LogP contribution in [-0.2, 0) is 35.2 Å². The fourth-order valence-electron chi connectivity index (χ4n) is 4.93. The first-order valence-corrected chi connectivity index (χ1v) is 14.8. The minimum Gasteiger partial charge on any atom is -0.378 e. The van der Waals surface area contributed by atoms with Gasteiger partial charge in [0.2, 0.25) is 5.91 Å². The number of hydrogen-bond donors (Lipinski definition) is 1. The quantitative estimate of drug-likeness (QED) is 0.385. The van der Waals surface area contributed by atoms with Crippen LogP contribution in [0.1, 0.15) is 23.2 Å². The van der Waals surface area contributed by atoms with Crippen molar-refractivity contribution in [2.45, 2.75) is 31.8 Å². The standard InChI is InChI=1S/C29H40N6O2S/c1-32(2)26-13-11-25(12-14-26)21-34-23-30-20-27(34)15-16-31-29(36)28-22-33(18-19-35(28)38(3)37)17-7-10-24-8-5-4-6-9-24/h4-6,8-9,11-14,20,23,28H,7,10,15-19,21-22H2,1-3H3,(H,31,36). The molecule has 38 heavy (non-hydrogen) atoms. The van der Waals surface area contributed by atoms with Gasteiger partial charge in [-0.3, -0.25) is 9.69 Å². The molecule has 4 rings (SSSR count). The van der Waals surface area contributed by atoms with Gasteiger partial charge in [0.15, 0.2) is 0 Å². The lowest BCUT2D eigenvalue weighted by atomic mass is 10.1. The van der Waals surface area contributed by atoms with Gasteiger partial charge in [-0.05, 0) is 42.6 Å². The summed E-state index contributed by atoms with van der Waals surface area (Å²) in [5, 5.41) is 3.10. The molecule has 8 nitrogen and oxygen atoms in total. The van der Waals surface area contributed by atoms with E-state index in [1.165, 1.54) is 16.8 Å². The predicted molar refractivity (Wildman–Crippen MR) is 155 cm³/mol. The van der Waals surface area contributed by atoms with Crippen molar-refractivity contribution in [3.05, 3.63) is 83.9 Å². The molecule has 3 aromatic rings. The van der Waals surface area contributed by atoms with E-state index in [0.717, 1.165) is 38.2 Å². The molecule has 2 atom stereocenters. The monoisotopic (exact) mass is 536 g/mol. The third kappa shape index (κ3) is 7.75. The SMILES string of the molecule is CN(C)c1ccc(Cn2cncc2CCNC(=O)C2CN(CCCc3ccccc3)CCN2S(C)=O)cc1. The van der Waals surface area contributed by atoms with E-state index in [-0.39, 0.29) is 5.91 Å². The van der Waals surface area contributed by atoms with Crippen molar-refractivity contribution in [1.29, 1.82) is 0 Å². The zero-order valence-corrected chi connectivity index (χ0v) is 23.6. The van der Waals surface area contributed by atoms with Crippen LogP contribution in [0.5, 0.6) is 0 Å². The van der Waals surface area contributed by atoms with Gasteiger partial charge in [-0.15, -0.1) is 0 Å². The van der Waals surface area contributed by atoms with Gasteiger partial charge in [0, 0.05) is 77.1 Å². The molecule has 1 N–H and O–H groups in total. The number of nitrogens with zero attached hydrogens (tertiary/aromatic N) is 5. The first kappa shape index (κ1) is 28.0. The topological polar surface area (TPSA) is 73.7 Å². The van der Waals surface area contributed by atoms with Gasteiger partial charge in [-0.2, -0.15) is 0 Å². The number of aryl methyl sites for hydroxylation is 1. The molecule has 1 aromatic heterocycles. The summed E-state index contributed by atoms with van der Waals surface area (Å²) in [4.78, 5) is 21.9. The number of hydrogen-bond acceptors (Lipinski definition) is 5. The van der Waals surface area contributed by atoms with Crippen molar-refractivity contribution < 1.29 is 9.00 Å². The number of amides is 1. The molecule has 2 heterocycles. The molecule has 1 aliphatic rings. The molecule has 1 fully saturated rings. The number of imidazole rings is 1. The third-order valence-corrected chi connectivity index (χ3v) is 8.21. The average molecular weight is 537 g/mol. The molecule has 0 bridgehead atoms. The number of anilines is 1. The fraction of sp³-hybridized carbons (Fsp3) is 0.448. The molecule has 1 saturated heterocycles. The number of carbonyl (C=O) groups is 1. The summed E-state index contributed by atoms with van der Waals surface area (Å²) in [6, 6.07) is 18.6. The summed E-state index contributed by atoms with van der Waals surface area (Å²) in [7, 11) is 2.88. The molecular formula is C29H40N6O2S. The van der Waals surface area contributed by atoms with Gasteiger partial charge < -0.3 is 14.8 Å². The van der Waals surface area contributed by atoms with Gasteiger partial charge >= 0.3 is 0 Å². The Morgan fingerprint density at radius 2 is 1.82 bits per heavy atom. The molecule has 2 aromatic carbocycles. The number of benzene rings is 2. The highest BCUT2D eigenvalue weighted by Gasteiger charge is 2.34. The average Bonchev–Trinajstić information content (AvgIpc) is 3.36. The van der Waals surface area contributed by atoms with E-state index in [4.69, 9.17) is 0 Å². The van der Waals surface area contributed by atoms with Crippen molar-refractivity contribution in [1.82, 2.24) is 24.1 Å². The zero-order valence-electron chi connectivity index (χ0n) is 22.8. The van der Waals surface area contributed by atoms with Gasteiger partial charge in [0.25, 0.3) is 0 Å². The molecule has 0 spiro atoms. The molecule has 204 valence electrons. The molecule has 2 unspecified atom stereocenters. The predicted octanol–water partition coefficient (Wildman–Crippen LogP) is 2.57. The van der Waals surface area contributed by atoms with E-state index in [0.29, 0.717) is 26.1 Å². The van der Waals surface area contributed by atoms with Crippen LogP contribution < -0.4 is 10.2 Å². The van der Waals surface area contributed by atoms with Crippen molar-refractivity contribution in [2.75, 3.05) is 58.0 Å². The van der Waals surface area contributed by atoms with Gasteiger partial charge in [-0.25, -0.2) is 13.5 Å². The molecule has 0 saturated carbocycles. The Labute approximate surface area is 229 Å². The van der Waals surface area contributed by atoms with E-state index < -0.39 is 17.0 Å². The number of rotatable bonds is 12. The number of carbonyl (C=O) groups excluding carboxylic acids is 1. The Hall–Kier alpha value is -3.01. The second kappa shape index (κ2) is 13.7. The lowest BCUT2D eigenvalue weighted by Crippen LogP contribution is -2.59. The van der Waals surface area contributed by atoms with Gasteiger partial charge in [0.05, 0.1) is 17.3 Å². The Morgan fingerprint density at radius 3 is 2.53 bits per heavy atom. The Balaban J connectivity index is 1.28. The number of aromatic nitrogens is 2. The van der Waals surface area contributed by atoms with Crippen LogP contribution in [-0.4, -0.2) is 88.0 Å². The minimum atomic E-state index is -1.19. The largest absolute Gasteiger partial charge is 0.378 e. The molecule has 9 heteroatoms. The fourth-order valence-corrected chi connectivity index (χ4v) is 5.78. The van der Waals surface area contributed by atoms with Crippen LogP contribution in [0.15, 0.2) is 67.1 Å². The van der Waals surface area contributed by atoms with Crippen LogP contribution in [0, 0.1) is 0 Å². The maximum atomic E-state index is 13.2. The molecule has 0 aliphatic carbocycles. The van der Waals surface area contributed by atoms with Gasteiger partial charge in [0.1, 0.15) is 6.04 Å². The van der Waals surface area contributed by atoms with Crippen LogP contribution in [0.25, 0.3) is 0 Å². The normalized spacial score (nSPS) is 17.3. The van der Waals surface area contributed by atoms with Crippen LogP contribution in [0.2, 0.25) is 0 Å². The summed E-state index contributed by atoms with van der Waals surface area (Å²) in [5.74, 6) is -0.0571. The van der Waals surface area contributed by atoms with E-state index >= 15 is 0 Å². The van der Waals surface area contributed by atoms with E-state index in [9.17, 15) is 9.00 Å². The van der Waals surface area contributed by atoms with E-state index in [1.54, 1.807) is 6.26 Å². The van der Waals surface area contributed by atoms with Gasteiger partial charge in [-0.1, -0.05) is 42.5 Å². The minimum absolute atomic E-state index is 0.0571. The van der Waals surface area contributed by atoms with Crippen molar-refractivity contribution >= 4 is 22.6 Å². The number of nitrogens with one attached hydrogen (secondary N) is 1. The second-order valence-corrected chi connectivity index (χ2v) is 11.4. The zero-order chi connectivity index (χ0) is 26.9. The lowest BCUT2D eigenvalue weighted by molar-refractivity contribution is -0.126. The first-order valence-electron chi connectivity index (χ1n) is 13.3. The summed E-state index contributed by atoms with van der Waals surface area (Å²) in [6.45, 7) is 4.23. The molecular weight excluding hydrogens is 496 g/mol. The summed E-state index contributed by atoms with van der Waals surface area (Å²) >= 11 is 0. The molecule has 0 radical (unpaired) electrons. The second-order valence-electron chi connectivity index (χ2n) is 10.1. The summed E-state index contributed by atoms with van der Waals surface area (Å²) in [6.07, 6.45) is 8.11. The first-order chi connectivity index (χ1) is 18.4. The maximum absolute atomic E-state index is 13.2. The Bertz CT molecular complexity index is 1180. The summed E-state index contributed by atoms with van der Waals surface area (Å²) < 4.78 is 16.3. The maximum Gasteiger partial charge on any atom is 0.239 e. The summed E-state index contributed by atoms with van der Waals surface area (Å²) in [5.41, 5.74) is 4.78. The highest BCUT2D eigenvalue weighted by molar-refractivity contribution is 7.81. The van der Waals surface area contributed by atoms with Crippen molar-refractivity contribution in [3.8, 4) is 0 Å². The highest BCUT2D eigenvalue weighted by Crippen LogP contribution is 2.15. The van der Waals surface area contributed by atoms with Crippen LogP contribution in [0.3, 0.4) is 0 Å². The van der Waals surface area contributed by atoms with Crippen LogP contribution >= 0.6 is 0 Å². The van der Waals surface area contributed by atoms with E-state index in [2.05, 4.69) is 73.2 Å². The Morgan fingerprint density at radius 1 is 1.05 bits per heavy atom. The third-order valence-electron chi connectivity index (χ3n) is 7.12. The number of piperazine rings is 1. The lowest BCUT2D eigenvalue weighted by Gasteiger charge is -2.39. The molecule has 1 aliphatic heterocycles. The highest BCUT2D eigenvalue weighted by atomic mass is 32.2. The van der Waals surface area contributed by atoms with Crippen molar-refractivity contribution in [2.24, 2.45) is 0 Å². The Kier molecular flexibility index (Phi) is 10.1.